The molecule has 3 fully saturated rings. The minimum Gasteiger partial charge on any atom is -0.465 e. The number of rotatable bonds is 25. The molecule has 0 heterocycles. The summed E-state index contributed by atoms with van der Waals surface area (Å²) in [6, 6.07) is 0. The van der Waals surface area contributed by atoms with Crippen molar-refractivity contribution in [1.82, 2.24) is 0 Å². The molecule has 0 radical (unpaired) electrons. The van der Waals surface area contributed by atoms with Gasteiger partial charge >= 0.3 is 35.8 Å². The molecule has 69 heavy (non-hydrogen) atoms. The van der Waals surface area contributed by atoms with E-state index in [-0.39, 0.29) is 82.1 Å². The zero-order chi connectivity index (χ0) is 52.1. The summed E-state index contributed by atoms with van der Waals surface area (Å²) in [7, 11) is -5.64. The summed E-state index contributed by atoms with van der Waals surface area (Å²) < 4.78 is 53.8. The van der Waals surface area contributed by atoms with Gasteiger partial charge in [0.1, 0.15) is 39.6 Å². The number of carbonyl (C=O) groups excluding carboxylic acids is 6. The van der Waals surface area contributed by atoms with Crippen LogP contribution in [0.2, 0.25) is 58.9 Å². The lowest BCUT2D eigenvalue weighted by Crippen LogP contribution is -2.45. The summed E-state index contributed by atoms with van der Waals surface area (Å²) in [6.07, 6.45) is 4.21. The SMILES string of the molecule is CCC(COC(=O)C1CCC(C)CC1C(=O)OCC(C)O[Si](C)(C)C)(COC(=O)C1CC(C)CCC1C(=O)OCC(C)O[Si](C)(C)C)COC(=O)C1CC(C)CCC1C(=O)OCC(C)O[Si](C)(C)C. The van der Waals surface area contributed by atoms with E-state index in [9.17, 15) is 28.8 Å². The van der Waals surface area contributed by atoms with E-state index in [0.29, 0.717) is 44.9 Å². The topological polar surface area (TPSA) is 185 Å². The van der Waals surface area contributed by atoms with Crippen molar-refractivity contribution in [2.24, 2.45) is 58.7 Å². The molecule has 3 rings (SSSR count). The van der Waals surface area contributed by atoms with Crippen molar-refractivity contribution in [3.8, 4) is 0 Å². The fourth-order valence-electron chi connectivity index (χ4n) is 10.0. The van der Waals surface area contributed by atoms with Crippen LogP contribution >= 0.6 is 0 Å². The summed E-state index contributed by atoms with van der Waals surface area (Å²) in [5.74, 6) is -7.17. The van der Waals surface area contributed by atoms with Crippen molar-refractivity contribution in [2.75, 3.05) is 39.6 Å². The van der Waals surface area contributed by atoms with E-state index >= 15 is 0 Å². The first-order valence-corrected chi connectivity index (χ1v) is 36.2. The van der Waals surface area contributed by atoms with Gasteiger partial charge in [0.25, 0.3) is 0 Å². The Morgan fingerprint density at radius 1 is 0.406 bits per heavy atom. The second-order valence-corrected chi connectivity index (χ2v) is 37.5. The zero-order valence-electron chi connectivity index (χ0n) is 45.4. The molecule has 3 aliphatic rings. The molecule has 12 atom stereocenters. The highest BCUT2D eigenvalue weighted by atomic mass is 28.4. The number of hydrogen-bond donors (Lipinski definition) is 0. The van der Waals surface area contributed by atoms with Crippen LogP contribution in [-0.2, 0) is 70.5 Å². The lowest BCUT2D eigenvalue weighted by molar-refractivity contribution is -0.178. The molecule has 0 aromatic heterocycles. The monoisotopic (exact) mass is 1030 g/mol. The largest absolute Gasteiger partial charge is 0.465 e. The lowest BCUT2D eigenvalue weighted by atomic mass is 9.74. The van der Waals surface area contributed by atoms with E-state index in [1.54, 1.807) is 0 Å². The second-order valence-electron chi connectivity index (χ2n) is 24.1. The average Bonchev–Trinajstić information content (AvgIpc) is 3.24. The molecule has 0 aliphatic heterocycles. The third kappa shape index (κ3) is 21.2. The summed E-state index contributed by atoms with van der Waals surface area (Å²) in [6.45, 7) is 31.5. The van der Waals surface area contributed by atoms with Crippen molar-refractivity contribution in [1.29, 1.82) is 0 Å². The van der Waals surface area contributed by atoms with E-state index in [0.717, 1.165) is 12.8 Å². The maximum Gasteiger partial charge on any atom is 0.309 e. The highest BCUT2D eigenvalue weighted by Gasteiger charge is 2.46. The van der Waals surface area contributed by atoms with Crippen LogP contribution in [0.25, 0.3) is 0 Å². The Labute approximate surface area is 417 Å². The molecule has 12 unspecified atom stereocenters. The molecule has 0 aromatic rings. The highest BCUT2D eigenvalue weighted by molar-refractivity contribution is 6.70. The first kappa shape index (κ1) is 60.7. The lowest BCUT2D eigenvalue weighted by Gasteiger charge is -2.37. The molecule has 3 aliphatic carbocycles. The highest BCUT2D eigenvalue weighted by Crippen LogP contribution is 2.40. The molecule has 18 heteroatoms. The normalized spacial score (nSPS) is 27.9. The Morgan fingerprint density at radius 2 is 0.638 bits per heavy atom. The number of esters is 6. The zero-order valence-corrected chi connectivity index (χ0v) is 48.4. The van der Waals surface area contributed by atoms with E-state index in [2.05, 4.69) is 58.9 Å². The van der Waals surface area contributed by atoms with Crippen LogP contribution in [-0.4, -0.2) is 119 Å². The second kappa shape index (κ2) is 26.9. The number of ether oxygens (including phenoxy) is 6. The van der Waals surface area contributed by atoms with E-state index in [4.69, 9.17) is 41.7 Å². The maximum atomic E-state index is 14.2. The molecule has 0 N–H and O–H groups in total. The third-order valence-electron chi connectivity index (χ3n) is 13.5. The molecule has 398 valence electrons. The Kier molecular flexibility index (Phi) is 23.6. The van der Waals surface area contributed by atoms with Crippen LogP contribution in [0.3, 0.4) is 0 Å². The standard InChI is InChI=1S/C51H92O15Si3/c1-17-51(30-61-47(54)41-23-20-33(2)24-42(41)48(55)60-29-38(7)66-69(14,15)16,31-62-49(56)43-25-34(3)18-21-39(43)45(52)58-27-36(5)64-67(8,9)10)32-63-50(57)44-26-35(4)19-22-40(44)46(53)59-28-37(6)65-68(11,12)13/h33-44H,17-32H2,1-16H3. The molecule has 0 spiro atoms. The Morgan fingerprint density at radius 3 is 0.884 bits per heavy atom. The van der Waals surface area contributed by atoms with Crippen molar-refractivity contribution in [3.05, 3.63) is 0 Å². The summed E-state index contributed by atoms with van der Waals surface area (Å²) in [5, 5.41) is 0. The van der Waals surface area contributed by atoms with Crippen molar-refractivity contribution in [3.63, 3.8) is 0 Å². The predicted molar refractivity (Wildman–Crippen MR) is 270 cm³/mol. The molecular weight excluding hydrogens is 937 g/mol. The van der Waals surface area contributed by atoms with Crippen LogP contribution in [0.4, 0.5) is 0 Å². The Balaban J connectivity index is 1.86. The maximum absolute atomic E-state index is 14.2. The summed E-state index contributed by atoms with van der Waals surface area (Å²) in [4.78, 5) is 83.4. The molecule has 3 saturated carbocycles. The minimum atomic E-state index is -1.88. The fraction of sp³-hybridized carbons (Fsp3) is 0.882. The average molecular weight is 1030 g/mol. The van der Waals surface area contributed by atoms with Gasteiger partial charge in [-0.15, -0.1) is 0 Å². The van der Waals surface area contributed by atoms with Gasteiger partial charge in [-0.25, -0.2) is 0 Å². The van der Waals surface area contributed by atoms with Crippen LogP contribution in [0.15, 0.2) is 0 Å². The van der Waals surface area contributed by atoms with Gasteiger partial charge < -0.3 is 41.7 Å². The molecule has 0 aromatic carbocycles. The summed E-state index contributed by atoms with van der Waals surface area (Å²) in [5.41, 5.74) is -1.22. The quantitative estimate of drug-likeness (QED) is 0.0478. The number of carbonyl (C=O) groups is 6. The predicted octanol–water partition coefficient (Wildman–Crippen LogP) is 9.52. The van der Waals surface area contributed by atoms with Gasteiger partial charge in [0, 0.05) is 0 Å². The first-order valence-electron chi connectivity index (χ1n) is 25.9. The van der Waals surface area contributed by atoms with Gasteiger partial charge in [-0.2, -0.15) is 0 Å². The van der Waals surface area contributed by atoms with Crippen molar-refractivity contribution >= 4 is 60.8 Å². The van der Waals surface area contributed by atoms with Crippen molar-refractivity contribution < 1.29 is 70.5 Å². The summed E-state index contributed by atoms with van der Waals surface area (Å²) >= 11 is 0. The van der Waals surface area contributed by atoms with Gasteiger partial charge in [0.2, 0.25) is 0 Å². The molecule has 0 amide bonds. The minimum absolute atomic E-state index is 0.0699. The van der Waals surface area contributed by atoms with Gasteiger partial charge in [-0.05, 0) is 162 Å². The molecule has 15 nitrogen and oxygen atoms in total. The molecular formula is C51H92O15Si3. The Hall–Kier alpha value is -2.65. The third-order valence-corrected chi connectivity index (χ3v) is 16.8. The van der Waals surface area contributed by atoms with Crippen LogP contribution in [0.1, 0.15) is 113 Å². The van der Waals surface area contributed by atoms with Crippen LogP contribution in [0.5, 0.6) is 0 Å². The van der Waals surface area contributed by atoms with Crippen molar-refractivity contribution in [2.45, 2.75) is 190 Å². The Bertz CT molecular complexity index is 1610. The van der Waals surface area contributed by atoms with Crippen LogP contribution in [0, 0.1) is 58.7 Å². The molecule has 0 saturated heterocycles. The number of hydrogen-bond acceptors (Lipinski definition) is 15. The first-order chi connectivity index (χ1) is 31.9. The molecule has 0 bridgehead atoms. The van der Waals surface area contributed by atoms with Gasteiger partial charge in [-0.3, -0.25) is 28.8 Å². The van der Waals surface area contributed by atoms with E-state index in [1.807, 2.05) is 48.5 Å². The van der Waals surface area contributed by atoms with Gasteiger partial charge in [0.15, 0.2) is 25.0 Å². The van der Waals surface area contributed by atoms with E-state index < -0.39 is 102 Å². The van der Waals surface area contributed by atoms with E-state index in [1.165, 1.54) is 0 Å². The van der Waals surface area contributed by atoms with Crippen LogP contribution < -0.4 is 0 Å². The van der Waals surface area contributed by atoms with Gasteiger partial charge in [0.05, 0.1) is 59.2 Å². The smallest absolute Gasteiger partial charge is 0.309 e. The fourth-order valence-corrected chi connectivity index (χ4v) is 13.9. The van der Waals surface area contributed by atoms with Gasteiger partial charge in [-0.1, -0.05) is 27.7 Å².